The number of para-hydroxylation sites is 1. The fourth-order valence-electron chi connectivity index (χ4n) is 3.20. The number of benzene rings is 3. The predicted molar refractivity (Wildman–Crippen MR) is 93.6 cm³/mol. The number of hydrogen-bond donors (Lipinski definition) is 1. The Labute approximate surface area is 135 Å². The molecule has 4 rings (SSSR count). The SMILES string of the molecule is O=C(c1cccc2ccccc12)N1CCNc2ccccc2C1. The third kappa shape index (κ3) is 2.55. The minimum atomic E-state index is 0.0975. The predicted octanol–water partition coefficient (Wildman–Crippen LogP) is 3.91. The molecule has 0 saturated heterocycles. The van der Waals surface area contributed by atoms with Gasteiger partial charge in [-0.1, -0.05) is 54.6 Å². The molecule has 3 aromatic rings. The summed E-state index contributed by atoms with van der Waals surface area (Å²) in [6.07, 6.45) is 0. The van der Waals surface area contributed by atoms with Crippen LogP contribution in [0.2, 0.25) is 0 Å². The molecule has 0 spiro atoms. The summed E-state index contributed by atoms with van der Waals surface area (Å²) in [4.78, 5) is 15.0. The monoisotopic (exact) mass is 302 g/mol. The molecule has 3 aromatic carbocycles. The first kappa shape index (κ1) is 13.8. The maximum absolute atomic E-state index is 13.1. The minimum Gasteiger partial charge on any atom is -0.383 e. The second-order valence-corrected chi connectivity index (χ2v) is 5.84. The number of fused-ring (bicyclic) bond motifs is 2. The molecule has 114 valence electrons. The molecule has 0 aliphatic carbocycles. The first-order valence-electron chi connectivity index (χ1n) is 7.92. The number of rotatable bonds is 1. The Kier molecular flexibility index (Phi) is 3.46. The van der Waals surface area contributed by atoms with Crippen LogP contribution in [-0.4, -0.2) is 23.9 Å². The molecule has 0 radical (unpaired) electrons. The highest BCUT2D eigenvalue weighted by atomic mass is 16.2. The summed E-state index contributed by atoms with van der Waals surface area (Å²) < 4.78 is 0. The lowest BCUT2D eigenvalue weighted by Gasteiger charge is -2.21. The fourth-order valence-corrected chi connectivity index (χ4v) is 3.20. The fraction of sp³-hybridized carbons (Fsp3) is 0.150. The van der Waals surface area contributed by atoms with Crippen molar-refractivity contribution in [3.05, 3.63) is 77.9 Å². The van der Waals surface area contributed by atoms with E-state index in [-0.39, 0.29) is 5.91 Å². The van der Waals surface area contributed by atoms with Crippen molar-refractivity contribution in [2.75, 3.05) is 18.4 Å². The molecule has 0 saturated carbocycles. The Morgan fingerprint density at radius 3 is 2.65 bits per heavy atom. The van der Waals surface area contributed by atoms with Gasteiger partial charge in [0.15, 0.2) is 0 Å². The van der Waals surface area contributed by atoms with E-state index in [4.69, 9.17) is 0 Å². The lowest BCUT2D eigenvalue weighted by molar-refractivity contribution is 0.0755. The zero-order valence-corrected chi connectivity index (χ0v) is 12.8. The molecular formula is C20H18N2O. The van der Waals surface area contributed by atoms with E-state index in [0.717, 1.165) is 28.6 Å². The first-order chi connectivity index (χ1) is 11.3. The second-order valence-electron chi connectivity index (χ2n) is 5.84. The molecule has 0 unspecified atom stereocenters. The smallest absolute Gasteiger partial charge is 0.254 e. The standard InChI is InChI=1S/C20H18N2O/c23-20(18-10-5-8-15-6-1-3-9-17(15)18)22-13-12-21-19-11-4-2-7-16(19)14-22/h1-11,21H,12-14H2. The van der Waals surface area contributed by atoms with Gasteiger partial charge in [0.2, 0.25) is 0 Å². The van der Waals surface area contributed by atoms with E-state index < -0.39 is 0 Å². The van der Waals surface area contributed by atoms with Gasteiger partial charge in [-0.15, -0.1) is 0 Å². The van der Waals surface area contributed by atoms with E-state index in [1.54, 1.807) is 0 Å². The van der Waals surface area contributed by atoms with Crippen LogP contribution >= 0.6 is 0 Å². The van der Waals surface area contributed by atoms with Crippen molar-refractivity contribution in [3.63, 3.8) is 0 Å². The van der Waals surface area contributed by atoms with Gasteiger partial charge in [0.1, 0.15) is 0 Å². The van der Waals surface area contributed by atoms with Crippen LogP contribution in [0.25, 0.3) is 10.8 Å². The van der Waals surface area contributed by atoms with Gasteiger partial charge in [0.05, 0.1) is 0 Å². The number of carbonyl (C=O) groups excluding carboxylic acids is 1. The van der Waals surface area contributed by atoms with Crippen LogP contribution in [-0.2, 0) is 6.54 Å². The highest BCUT2D eigenvalue weighted by molar-refractivity contribution is 6.07. The Balaban J connectivity index is 1.71. The molecule has 1 N–H and O–H groups in total. The summed E-state index contributed by atoms with van der Waals surface area (Å²) in [5.74, 6) is 0.0975. The molecule has 0 atom stereocenters. The molecular weight excluding hydrogens is 284 g/mol. The molecule has 1 amide bonds. The summed E-state index contributed by atoms with van der Waals surface area (Å²) in [5, 5.41) is 5.53. The van der Waals surface area contributed by atoms with Crippen LogP contribution in [0.3, 0.4) is 0 Å². The van der Waals surface area contributed by atoms with Crippen LogP contribution in [0.4, 0.5) is 5.69 Å². The van der Waals surface area contributed by atoms with E-state index in [1.807, 2.05) is 59.5 Å². The summed E-state index contributed by atoms with van der Waals surface area (Å²) >= 11 is 0. The normalized spacial score (nSPS) is 14.0. The van der Waals surface area contributed by atoms with Gasteiger partial charge < -0.3 is 10.2 Å². The van der Waals surface area contributed by atoms with Crippen LogP contribution < -0.4 is 5.32 Å². The Bertz CT molecular complexity index is 867. The lowest BCUT2D eigenvalue weighted by atomic mass is 10.0. The number of nitrogens with zero attached hydrogens (tertiary/aromatic N) is 1. The molecule has 1 heterocycles. The van der Waals surface area contributed by atoms with Crippen LogP contribution in [0.5, 0.6) is 0 Å². The van der Waals surface area contributed by atoms with Crippen molar-refractivity contribution in [2.45, 2.75) is 6.54 Å². The molecule has 1 aliphatic rings. The maximum Gasteiger partial charge on any atom is 0.254 e. The van der Waals surface area contributed by atoms with Gasteiger partial charge in [-0.05, 0) is 28.5 Å². The van der Waals surface area contributed by atoms with Crippen molar-refractivity contribution in [3.8, 4) is 0 Å². The number of carbonyl (C=O) groups is 1. The third-order valence-electron chi connectivity index (χ3n) is 4.38. The Hall–Kier alpha value is -2.81. The number of anilines is 1. The molecule has 0 aromatic heterocycles. The van der Waals surface area contributed by atoms with Crippen molar-refractivity contribution >= 4 is 22.4 Å². The molecule has 3 heteroatoms. The highest BCUT2D eigenvalue weighted by Gasteiger charge is 2.21. The van der Waals surface area contributed by atoms with Gasteiger partial charge in [-0.3, -0.25) is 4.79 Å². The van der Waals surface area contributed by atoms with Crippen molar-refractivity contribution in [2.24, 2.45) is 0 Å². The van der Waals surface area contributed by atoms with Crippen molar-refractivity contribution in [1.82, 2.24) is 4.90 Å². The minimum absolute atomic E-state index is 0.0975. The summed E-state index contributed by atoms with van der Waals surface area (Å²) in [6.45, 7) is 2.12. The zero-order valence-electron chi connectivity index (χ0n) is 12.8. The Morgan fingerprint density at radius 2 is 1.70 bits per heavy atom. The summed E-state index contributed by atoms with van der Waals surface area (Å²) in [6, 6.07) is 22.2. The summed E-state index contributed by atoms with van der Waals surface area (Å²) in [7, 11) is 0. The van der Waals surface area contributed by atoms with Crippen molar-refractivity contribution < 1.29 is 4.79 Å². The van der Waals surface area contributed by atoms with Crippen LogP contribution in [0, 0.1) is 0 Å². The quantitative estimate of drug-likeness (QED) is 0.739. The van der Waals surface area contributed by atoms with Gasteiger partial charge in [-0.25, -0.2) is 0 Å². The molecule has 23 heavy (non-hydrogen) atoms. The number of amides is 1. The van der Waals surface area contributed by atoms with Crippen LogP contribution in [0.1, 0.15) is 15.9 Å². The Morgan fingerprint density at radius 1 is 0.913 bits per heavy atom. The summed E-state index contributed by atoms with van der Waals surface area (Å²) in [5.41, 5.74) is 3.07. The van der Waals surface area contributed by atoms with Gasteiger partial charge in [0, 0.05) is 30.9 Å². The van der Waals surface area contributed by atoms with E-state index in [9.17, 15) is 4.79 Å². The average Bonchev–Trinajstić information content (AvgIpc) is 2.83. The highest BCUT2D eigenvalue weighted by Crippen LogP contribution is 2.24. The first-order valence-corrected chi connectivity index (χ1v) is 7.92. The molecule has 3 nitrogen and oxygen atoms in total. The van der Waals surface area contributed by atoms with E-state index in [2.05, 4.69) is 17.4 Å². The maximum atomic E-state index is 13.1. The second kappa shape index (κ2) is 5.76. The van der Waals surface area contributed by atoms with Crippen LogP contribution in [0.15, 0.2) is 66.7 Å². The third-order valence-corrected chi connectivity index (χ3v) is 4.38. The molecule has 1 aliphatic heterocycles. The van der Waals surface area contributed by atoms with Gasteiger partial charge in [0.25, 0.3) is 5.91 Å². The average molecular weight is 302 g/mol. The largest absolute Gasteiger partial charge is 0.383 e. The van der Waals surface area contributed by atoms with Gasteiger partial charge in [-0.2, -0.15) is 0 Å². The number of hydrogen-bond acceptors (Lipinski definition) is 2. The topological polar surface area (TPSA) is 32.3 Å². The van der Waals surface area contributed by atoms with Gasteiger partial charge >= 0.3 is 0 Å². The lowest BCUT2D eigenvalue weighted by Crippen LogP contribution is -2.32. The zero-order chi connectivity index (χ0) is 15.6. The molecule has 0 fully saturated rings. The van der Waals surface area contributed by atoms with E-state index in [1.165, 1.54) is 5.56 Å². The number of nitrogens with one attached hydrogen (secondary N) is 1. The van der Waals surface area contributed by atoms with E-state index >= 15 is 0 Å². The van der Waals surface area contributed by atoms with E-state index in [0.29, 0.717) is 13.1 Å². The van der Waals surface area contributed by atoms with Crippen molar-refractivity contribution in [1.29, 1.82) is 0 Å². The molecule has 0 bridgehead atoms.